The first-order valence-electron chi connectivity index (χ1n) is 8.42. The summed E-state index contributed by atoms with van der Waals surface area (Å²) < 4.78 is 0. The molecule has 26 heavy (non-hydrogen) atoms. The van der Waals surface area contributed by atoms with Crippen molar-refractivity contribution in [1.29, 1.82) is 0 Å². The van der Waals surface area contributed by atoms with E-state index in [4.69, 9.17) is 0 Å². The molecule has 0 bridgehead atoms. The number of nitro benzene ring substituents is 2. The number of nitro groups is 2. The largest absolute Gasteiger partial charge is 0.377 e. The number of hydrogen-bond donors (Lipinski definition) is 1. The number of fused-ring (bicyclic) bond motifs is 3. The average Bonchev–Trinajstić information content (AvgIpc) is 3.11. The van der Waals surface area contributed by atoms with E-state index in [1.807, 2.05) is 6.92 Å². The number of benzene rings is 2. The van der Waals surface area contributed by atoms with Gasteiger partial charge < -0.3 is 5.32 Å². The van der Waals surface area contributed by atoms with Crippen LogP contribution in [-0.2, 0) is 0 Å². The Kier molecular flexibility index (Phi) is 3.72. The first-order valence-corrected chi connectivity index (χ1v) is 8.42. The van der Waals surface area contributed by atoms with Crippen molar-refractivity contribution in [1.82, 2.24) is 0 Å². The SMILES string of the molecule is Cc1cc([N+](=O)[O-])cc2c1NC(c1ccc([N+](=O)[O-])cc1)C1CC=CC21. The second kappa shape index (κ2) is 5.94. The standard InChI is InChI=1S/C19H17N3O4/c1-11-9-14(22(25)26)10-17-15-3-2-4-16(15)19(20-18(11)17)12-5-7-13(8-6-12)21(23)24/h2-3,5-10,15-16,19-20H,4H2,1H3. The highest BCUT2D eigenvalue weighted by molar-refractivity contribution is 5.67. The summed E-state index contributed by atoms with van der Waals surface area (Å²) in [4.78, 5) is 21.3. The summed E-state index contributed by atoms with van der Waals surface area (Å²) in [6.45, 7) is 1.87. The zero-order valence-corrected chi connectivity index (χ0v) is 14.1. The number of hydrogen-bond acceptors (Lipinski definition) is 5. The van der Waals surface area contributed by atoms with Crippen molar-refractivity contribution in [3.8, 4) is 0 Å². The van der Waals surface area contributed by atoms with Crippen molar-refractivity contribution < 1.29 is 9.85 Å². The molecule has 0 saturated carbocycles. The van der Waals surface area contributed by atoms with E-state index in [0.717, 1.165) is 28.8 Å². The fourth-order valence-electron chi connectivity index (χ4n) is 4.11. The molecule has 7 nitrogen and oxygen atoms in total. The molecule has 0 radical (unpaired) electrons. The van der Waals surface area contributed by atoms with Gasteiger partial charge in [0.2, 0.25) is 0 Å². The van der Waals surface area contributed by atoms with E-state index in [2.05, 4.69) is 17.5 Å². The lowest BCUT2D eigenvalue weighted by Gasteiger charge is -2.38. The van der Waals surface area contributed by atoms with Crippen molar-refractivity contribution in [2.45, 2.75) is 25.3 Å². The van der Waals surface area contributed by atoms with Gasteiger partial charge in [0.25, 0.3) is 11.4 Å². The molecule has 0 spiro atoms. The highest BCUT2D eigenvalue weighted by Crippen LogP contribution is 2.51. The van der Waals surface area contributed by atoms with Crippen molar-refractivity contribution in [2.75, 3.05) is 5.32 Å². The smallest absolute Gasteiger partial charge is 0.270 e. The van der Waals surface area contributed by atoms with Crippen molar-refractivity contribution >= 4 is 17.1 Å². The lowest BCUT2D eigenvalue weighted by Crippen LogP contribution is -2.29. The summed E-state index contributed by atoms with van der Waals surface area (Å²) in [5.41, 5.74) is 3.87. The monoisotopic (exact) mass is 351 g/mol. The van der Waals surface area contributed by atoms with Gasteiger partial charge in [-0.15, -0.1) is 0 Å². The third-order valence-corrected chi connectivity index (χ3v) is 5.32. The number of rotatable bonds is 3. The highest BCUT2D eigenvalue weighted by Gasteiger charge is 2.39. The van der Waals surface area contributed by atoms with E-state index in [1.54, 1.807) is 24.3 Å². The average molecular weight is 351 g/mol. The Morgan fingerprint density at radius 2 is 1.73 bits per heavy atom. The van der Waals surface area contributed by atoms with Crippen LogP contribution in [-0.4, -0.2) is 9.85 Å². The van der Waals surface area contributed by atoms with Gasteiger partial charge >= 0.3 is 0 Å². The predicted molar refractivity (Wildman–Crippen MR) is 97.3 cm³/mol. The summed E-state index contributed by atoms with van der Waals surface area (Å²) in [7, 11) is 0. The molecular formula is C19H17N3O4. The molecule has 3 unspecified atom stereocenters. The molecule has 2 aromatic rings. The topological polar surface area (TPSA) is 98.3 Å². The second-order valence-corrected chi connectivity index (χ2v) is 6.81. The minimum absolute atomic E-state index is 0.00320. The van der Waals surface area contributed by atoms with Gasteiger partial charge in [-0.1, -0.05) is 24.3 Å². The number of non-ortho nitro benzene ring substituents is 2. The minimum atomic E-state index is -0.406. The van der Waals surface area contributed by atoms with Gasteiger partial charge in [0.05, 0.1) is 15.9 Å². The molecular weight excluding hydrogens is 334 g/mol. The molecule has 132 valence electrons. The van der Waals surface area contributed by atoms with Crippen LogP contribution in [0.2, 0.25) is 0 Å². The predicted octanol–water partition coefficient (Wildman–Crippen LogP) is 4.64. The van der Waals surface area contributed by atoms with Crippen molar-refractivity contribution in [3.05, 3.63) is 85.5 Å². The van der Waals surface area contributed by atoms with Crippen molar-refractivity contribution in [3.63, 3.8) is 0 Å². The molecule has 0 amide bonds. The van der Waals surface area contributed by atoms with Crippen LogP contribution < -0.4 is 5.32 Å². The molecule has 1 aliphatic heterocycles. The maximum absolute atomic E-state index is 11.2. The van der Waals surface area contributed by atoms with Gasteiger partial charge in [-0.3, -0.25) is 20.2 Å². The van der Waals surface area contributed by atoms with E-state index in [9.17, 15) is 20.2 Å². The Morgan fingerprint density at radius 3 is 2.38 bits per heavy atom. The van der Waals surface area contributed by atoms with Gasteiger partial charge in [0.1, 0.15) is 0 Å². The summed E-state index contributed by atoms with van der Waals surface area (Å²) in [6, 6.07) is 9.86. The Morgan fingerprint density at radius 1 is 1.04 bits per heavy atom. The molecule has 3 atom stereocenters. The van der Waals surface area contributed by atoms with E-state index in [-0.39, 0.29) is 34.2 Å². The third-order valence-electron chi connectivity index (χ3n) is 5.32. The number of allylic oxidation sites excluding steroid dienone is 2. The Labute approximate surface area is 149 Å². The molecule has 0 aromatic heterocycles. The summed E-state index contributed by atoms with van der Waals surface area (Å²) in [5, 5.41) is 25.6. The Balaban J connectivity index is 1.77. The van der Waals surface area contributed by atoms with E-state index in [0.29, 0.717) is 0 Å². The molecule has 2 aromatic carbocycles. The minimum Gasteiger partial charge on any atom is -0.377 e. The lowest BCUT2D eigenvalue weighted by molar-refractivity contribution is -0.385. The summed E-state index contributed by atoms with van der Waals surface area (Å²) >= 11 is 0. The molecule has 2 aliphatic rings. The van der Waals surface area contributed by atoms with Crippen LogP contribution in [0.3, 0.4) is 0 Å². The Hall–Kier alpha value is -3.22. The lowest BCUT2D eigenvalue weighted by atomic mass is 9.76. The van der Waals surface area contributed by atoms with Crippen LogP contribution in [0.5, 0.6) is 0 Å². The highest BCUT2D eigenvalue weighted by atomic mass is 16.6. The van der Waals surface area contributed by atoms with E-state index < -0.39 is 4.92 Å². The van der Waals surface area contributed by atoms with Crippen LogP contribution >= 0.6 is 0 Å². The molecule has 1 aliphatic carbocycles. The maximum atomic E-state index is 11.2. The fraction of sp³-hybridized carbons (Fsp3) is 0.263. The van der Waals surface area contributed by atoms with Crippen LogP contribution in [0.4, 0.5) is 17.1 Å². The van der Waals surface area contributed by atoms with Gasteiger partial charge in [-0.25, -0.2) is 0 Å². The molecule has 1 heterocycles. The van der Waals surface area contributed by atoms with Crippen LogP contribution in [0, 0.1) is 33.1 Å². The third kappa shape index (κ3) is 2.52. The first kappa shape index (κ1) is 16.3. The summed E-state index contributed by atoms with van der Waals surface area (Å²) in [5.74, 6) is 0.329. The number of anilines is 1. The first-order chi connectivity index (χ1) is 12.5. The zero-order chi connectivity index (χ0) is 18.4. The fourth-order valence-corrected chi connectivity index (χ4v) is 4.11. The van der Waals surface area contributed by atoms with Gasteiger partial charge in [0.15, 0.2) is 0 Å². The molecule has 1 N–H and O–H groups in total. The molecule has 0 fully saturated rings. The maximum Gasteiger partial charge on any atom is 0.270 e. The zero-order valence-electron chi connectivity index (χ0n) is 14.1. The van der Waals surface area contributed by atoms with Gasteiger partial charge in [0, 0.05) is 35.9 Å². The van der Waals surface area contributed by atoms with Crippen LogP contribution in [0.1, 0.15) is 35.1 Å². The van der Waals surface area contributed by atoms with Crippen molar-refractivity contribution in [2.24, 2.45) is 5.92 Å². The quantitative estimate of drug-likeness (QED) is 0.493. The molecule has 7 heteroatoms. The van der Waals surface area contributed by atoms with Gasteiger partial charge in [-0.2, -0.15) is 0 Å². The van der Waals surface area contributed by atoms with E-state index >= 15 is 0 Å². The van der Waals surface area contributed by atoms with Gasteiger partial charge in [-0.05, 0) is 36.0 Å². The molecule has 4 rings (SSSR count). The number of nitrogens with one attached hydrogen (secondary N) is 1. The van der Waals surface area contributed by atoms with Crippen LogP contribution in [0.25, 0.3) is 0 Å². The second-order valence-electron chi connectivity index (χ2n) is 6.81. The summed E-state index contributed by atoms with van der Waals surface area (Å²) in [6.07, 6.45) is 5.09. The normalized spacial score (nSPS) is 23.0. The Bertz CT molecular complexity index is 937. The molecule has 0 saturated heterocycles. The van der Waals surface area contributed by atoms with Crippen LogP contribution in [0.15, 0.2) is 48.6 Å². The number of aryl methyl sites for hydroxylation is 1. The number of nitrogens with zero attached hydrogens (tertiary/aromatic N) is 2. The van der Waals surface area contributed by atoms with E-state index in [1.165, 1.54) is 12.1 Å².